The Labute approximate surface area is 125 Å². The number of rotatable bonds is 4. The van der Waals surface area contributed by atoms with E-state index in [4.69, 9.17) is 11.6 Å². The molecule has 0 spiro atoms. The molecule has 0 saturated carbocycles. The van der Waals surface area contributed by atoms with Crippen molar-refractivity contribution in [2.75, 3.05) is 10.6 Å². The van der Waals surface area contributed by atoms with Gasteiger partial charge in [-0.25, -0.2) is 0 Å². The molecule has 0 aliphatic carbocycles. The number of benzene rings is 2. The molecule has 0 aliphatic rings. The van der Waals surface area contributed by atoms with Gasteiger partial charge in [-0.3, -0.25) is 14.9 Å². The van der Waals surface area contributed by atoms with E-state index in [2.05, 4.69) is 10.6 Å². The number of non-ortho nitro benzene ring substituents is 1. The molecule has 0 bridgehead atoms. The molecule has 2 N–H and O–H groups in total. The Bertz CT molecular complexity index is 686. The summed E-state index contributed by atoms with van der Waals surface area (Å²) in [5.41, 5.74) is 1.93. The number of nitrogens with zero attached hydrogens (tertiary/aromatic N) is 1. The number of amides is 1. The Hall–Kier alpha value is -2.60. The van der Waals surface area contributed by atoms with E-state index in [9.17, 15) is 14.9 Å². The lowest BCUT2D eigenvalue weighted by Crippen LogP contribution is -2.05. The molecule has 6 nitrogen and oxygen atoms in total. The molecule has 0 heterocycles. The van der Waals surface area contributed by atoms with Crippen LogP contribution in [0.1, 0.15) is 6.92 Å². The second-order valence-electron chi connectivity index (χ2n) is 4.30. The summed E-state index contributed by atoms with van der Waals surface area (Å²) in [6.07, 6.45) is 0. The van der Waals surface area contributed by atoms with Crippen LogP contribution in [-0.4, -0.2) is 10.8 Å². The van der Waals surface area contributed by atoms with Crippen molar-refractivity contribution in [3.63, 3.8) is 0 Å². The first-order valence-corrected chi connectivity index (χ1v) is 6.42. The lowest BCUT2D eigenvalue weighted by atomic mass is 10.2. The summed E-state index contributed by atoms with van der Waals surface area (Å²) in [6.45, 7) is 1.43. The lowest BCUT2D eigenvalue weighted by molar-refractivity contribution is -0.384. The van der Waals surface area contributed by atoms with Crippen molar-refractivity contribution in [2.45, 2.75) is 6.92 Å². The van der Waals surface area contributed by atoms with Crippen LogP contribution in [0.2, 0.25) is 5.02 Å². The first-order chi connectivity index (χ1) is 9.95. The summed E-state index contributed by atoms with van der Waals surface area (Å²) in [6, 6.07) is 11.2. The largest absolute Gasteiger partial charge is 0.354 e. The van der Waals surface area contributed by atoms with E-state index >= 15 is 0 Å². The fraction of sp³-hybridized carbons (Fsp3) is 0.0714. The number of carbonyl (C=O) groups is 1. The molecular formula is C14H12ClN3O3. The molecule has 1 amide bonds. The van der Waals surface area contributed by atoms with Gasteiger partial charge in [0.25, 0.3) is 5.69 Å². The number of hydrogen-bond donors (Lipinski definition) is 2. The summed E-state index contributed by atoms with van der Waals surface area (Å²) in [5.74, 6) is -0.144. The van der Waals surface area contributed by atoms with Crippen molar-refractivity contribution in [3.8, 4) is 0 Å². The van der Waals surface area contributed by atoms with Gasteiger partial charge in [0.15, 0.2) is 0 Å². The minimum absolute atomic E-state index is 0.0634. The number of nitro groups is 1. The fourth-order valence-corrected chi connectivity index (χ4v) is 1.94. The van der Waals surface area contributed by atoms with E-state index < -0.39 is 4.92 Å². The first-order valence-electron chi connectivity index (χ1n) is 6.04. The van der Waals surface area contributed by atoms with Crippen LogP contribution in [0.4, 0.5) is 22.7 Å². The van der Waals surface area contributed by atoms with Crippen molar-refractivity contribution >= 4 is 40.3 Å². The standard InChI is InChI=1S/C14H12ClN3O3/c1-9(19)16-10-2-4-11(5-3-10)17-14-7-6-12(18(20)21)8-13(14)15/h2-8,17H,1H3,(H,16,19). The molecule has 0 fully saturated rings. The Kier molecular flexibility index (Phi) is 4.39. The van der Waals surface area contributed by atoms with Crippen LogP contribution in [0.15, 0.2) is 42.5 Å². The van der Waals surface area contributed by atoms with Gasteiger partial charge >= 0.3 is 0 Å². The Morgan fingerprint density at radius 3 is 2.29 bits per heavy atom. The maximum Gasteiger partial charge on any atom is 0.271 e. The van der Waals surface area contributed by atoms with E-state index in [0.717, 1.165) is 5.69 Å². The fourth-order valence-electron chi connectivity index (χ4n) is 1.71. The SMILES string of the molecule is CC(=O)Nc1ccc(Nc2ccc([N+](=O)[O-])cc2Cl)cc1. The molecule has 0 atom stereocenters. The van der Waals surface area contributed by atoms with Gasteiger partial charge in [-0.2, -0.15) is 0 Å². The number of nitrogens with one attached hydrogen (secondary N) is 2. The maximum atomic E-state index is 10.9. The van der Waals surface area contributed by atoms with Crippen LogP contribution in [0.25, 0.3) is 0 Å². The first kappa shape index (κ1) is 14.8. The van der Waals surface area contributed by atoms with Gasteiger partial charge in [-0.05, 0) is 30.3 Å². The predicted octanol–water partition coefficient (Wildman–Crippen LogP) is 3.95. The summed E-state index contributed by atoms with van der Waals surface area (Å²) >= 11 is 6.00. The highest BCUT2D eigenvalue weighted by atomic mass is 35.5. The van der Waals surface area contributed by atoms with Crippen molar-refractivity contribution in [3.05, 3.63) is 57.6 Å². The molecule has 2 aromatic rings. The van der Waals surface area contributed by atoms with Crippen molar-refractivity contribution in [1.29, 1.82) is 0 Å². The summed E-state index contributed by atoms with van der Waals surface area (Å²) in [5, 5.41) is 16.6. The van der Waals surface area contributed by atoms with Gasteiger partial charge in [0.2, 0.25) is 5.91 Å². The second kappa shape index (κ2) is 6.23. The summed E-state index contributed by atoms with van der Waals surface area (Å²) in [4.78, 5) is 21.1. The van der Waals surface area contributed by atoms with Gasteiger partial charge < -0.3 is 10.6 Å². The van der Waals surface area contributed by atoms with Crippen molar-refractivity contribution < 1.29 is 9.72 Å². The average Bonchev–Trinajstić information content (AvgIpc) is 2.42. The molecular weight excluding hydrogens is 294 g/mol. The molecule has 21 heavy (non-hydrogen) atoms. The third kappa shape index (κ3) is 3.93. The smallest absolute Gasteiger partial charge is 0.271 e. The molecule has 0 aromatic heterocycles. The molecule has 0 saturated heterocycles. The Morgan fingerprint density at radius 1 is 1.14 bits per heavy atom. The monoisotopic (exact) mass is 305 g/mol. The van der Waals surface area contributed by atoms with Crippen LogP contribution in [0.3, 0.4) is 0 Å². The van der Waals surface area contributed by atoms with Crippen LogP contribution in [0.5, 0.6) is 0 Å². The topological polar surface area (TPSA) is 84.3 Å². The third-order valence-corrected chi connectivity index (χ3v) is 2.96. The van der Waals surface area contributed by atoms with Crippen LogP contribution < -0.4 is 10.6 Å². The van der Waals surface area contributed by atoms with E-state index in [-0.39, 0.29) is 16.6 Å². The van der Waals surface area contributed by atoms with Gasteiger partial charge in [0, 0.05) is 30.4 Å². The normalized spacial score (nSPS) is 10.0. The van der Waals surface area contributed by atoms with Gasteiger partial charge in [0.1, 0.15) is 0 Å². The van der Waals surface area contributed by atoms with Gasteiger partial charge in [0.05, 0.1) is 15.6 Å². The van der Waals surface area contributed by atoms with Gasteiger partial charge in [-0.15, -0.1) is 0 Å². The molecule has 108 valence electrons. The summed E-state index contributed by atoms with van der Waals surface area (Å²) in [7, 11) is 0. The van der Waals surface area contributed by atoms with Crippen LogP contribution >= 0.6 is 11.6 Å². The number of carbonyl (C=O) groups excluding carboxylic acids is 1. The van der Waals surface area contributed by atoms with E-state index in [1.165, 1.54) is 19.1 Å². The number of anilines is 3. The minimum Gasteiger partial charge on any atom is -0.354 e. The van der Waals surface area contributed by atoms with Crippen LogP contribution in [-0.2, 0) is 4.79 Å². The number of nitro benzene ring substituents is 1. The highest BCUT2D eigenvalue weighted by molar-refractivity contribution is 6.33. The molecule has 2 aromatic carbocycles. The number of halogens is 1. The average molecular weight is 306 g/mol. The molecule has 0 radical (unpaired) electrons. The van der Waals surface area contributed by atoms with Crippen molar-refractivity contribution in [2.24, 2.45) is 0 Å². The van der Waals surface area contributed by atoms with E-state index in [1.54, 1.807) is 30.3 Å². The Balaban J connectivity index is 2.14. The molecule has 2 rings (SSSR count). The molecule has 0 unspecified atom stereocenters. The second-order valence-corrected chi connectivity index (χ2v) is 4.71. The number of hydrogen-bond acceptors (Lipinski definition) is 4. The quantitative estimate of drug-likeness (QED) is 0.661. The van der Waals surface area contributed by atoms with E-state index in [1.807, 2.05) is 0 Å². The summed E-state index contributed by atoms with van der Waals surface area (Å²) < 4.78 is 0. The van der Waals surface area contributed by atoms with Crippen molar-refractivity contribution in [1.82, 2.24) is 0 Å². The lowest BCUT2D eigenvalue weighted by Gasteiger charge is -2.09. The molecule has 7 heteroatoms. The highest BCUT2D eigenvalue weighted by Crippen LogP contribution is 2.29. The minimum atomic E-state index is -0.502. The predicted molar refractivity (Wildman–Crippen MR) is 82.1 cm³/mol. The highest BCUT2D eigenvalue weighted by Gasteiger charge is 2.09. The third-order valence-electron chi connectivity index (χ3n) is 2.65. The zero-order valence-corrected chi connectivity index (χ0v) is 11.8. The van der Waals surface area contributed by atoms with E-state index in [0.29, 0.717) is 11.4 Å². The molecule has 0 aliphatic heterocycles. The zero-order chi connectivity index (χ0) is 15.4. The van der Waals surface area contributed by atoms with Crippen LogP contribution in [0, 0.1) is 10.1 Å². The maximum absolute atomic E-state index is 10.9. The Morgan fingerprint density at radius 2 is 1.76 bits per heavy atom. The zero-order valence-electron chi connectivity index (χ0n) is 11.1. The van der Waals surface area contributed by atoms with Gasteiger partial charge in [-0.1, -0.05) is 11.6 Å².